The summed E-state index contributed by atoms with van der Waals surface area (Å²) < 4.78 is 27.2. The first kappa shape index (κ1) is 17.4. The van der Waals surface area contributed by atoms with Crippen molar-refractivity contribution >= 4 is 15.9 Å². The molecular formula is C18H26N2O3S. The summed E-state index contributed by atoms with van der Waals surface area (Å²) >= 11 is 0. The zero-order valence-electron chi connectivity index (χ0n) is 14.3. The van der Waals surface area contributed by atoms with Gasteiger partial charge in [0.15, 0.2) is 0 Å². The van der Waals surface area contributed by atoms with E-state index in [9.17, 15) is 13.2 Å². The zero-order valence-corrected chi connectivity index (χ0v) is 15.1. The predicted octanol–water partition coefficient (Wildman–Crippen LogP) is 2.68. The molecule has 6 heteroatoms. The van der Waals surface area contributed by atoms with Crippen LogP contribution in [0, 0.1) is 11.8 Å². The Hall–Kier alpha value is -1.40. The summed E-state index contributed by atoms with van der Waals surface area (Å²) in [6, 6.07) is 6.51. The van der Waals surface area contributed by atoms with Crippen molar-refractivity contribution in [1.82, 2.24) is 10.0 Å². The maximum atomic E-state index is 12.6. The van der Waals surface area contributed by atoms with Gasteiger partial charge in [-0.25, -0.2) is 13.1 Å². The van der Waals surface area contributed by atoms with Gasteiger partial charge < -0.3 is 5.32 Å². The van der Waals surface area contributed by atoms with E-state index >= 15 is 0 Å². The quantitative estimate of drug-likeness (QED) is 0.857. The fourth-order valence-electron chi connectivity index (χ4n) is 3.33. The van der Waals surface area contributed by atoms with Crippen LogP contribution in [-0.4, -0.2) is 26.4 Å². The molecule has 2 aliphatic carbocycles. The third-order valence-electron chi connectivity index (χ3n) is 5.33. The molecule has 0 aromatic heterocycles. The van der Waals surface area contributed by atoms with Gasteiger partial charge in [-0.2, -0.15) is 0 Å². The minimum atomic E-state index is -3.54. The van der Waals surface area contributed by atoms with Gasteiger partial charge in [-0.3, -0.25) is 4.79 Å². The molecule has 2 saturated carbocycles. The molecule has 24 heavy (non-hydrogen) atoms. The van der Waals surface area contributed by atoms with Crippen molar-refractivity contribution in [3.05, 3.63) is 29.8 Å². The van der Waals surface area contributed by atoms with Gasteiger partial charge in [0.05, 0.1) is 4.90 Å². The number of hydrogen-bond acceptors (Lipinski definition) is 3. The largest absolute Gasteiger partial charge is 0.349 e. The number of benzene rings is 1. The molecule has 1 amide bonds. The Kier molecular flexibility index (Phi) is 4.97. The molecule has 1 aromatic rings. The van der Waals surface area contributed by atoms with E-state index in [4.69, 9.17) is 0 Å². The maximum absolute atomic E-state index is 12.6. The summed E-state index contributed by atoms with van der Waals surface area (Å²) in [5.74, 6) is 0.842. The van der Waals surface area contributed by atoms with Crippen LogP contribution in [0.5, 0.6) is 0 Å². The van der Waals surface area contributed by atoms with Crippen LogP contribution in [0.15, 0.2) is 29.2 Å². The number of nitrogens with one attached hydrogen (secondary N) is 2. The van der Waals surface area contributed by atoms with E-state index in [1.54, 1.807) is 12.1 Å². The normalized spacial score (nSPS) is 27.7. The summed E-state index contributed by atoms with van der Waals surface area (Å²) in [4.78, 5) is 12.7. The molecule has 0 radical (unpaired) electrons. The van der Waals surface area contributed by atoms with Crippen LogP contribution in [0.25, 0.3) is 0 Å². The van der Waals surface area contributed by atoms with Crippen LogP contribution in [0.3, 0.4) is 0 Å². The van der Waals surface area contributed by atoms with E-state index in [1.807, 2.05) is 0 Å². The smallest absolute Gasteiger partial charge is 0.251 e. The van der Waals surface area contributed by atoms with Crippen molar-refractivity contribution in [1.29, 1.82) is 0 Å². The first-order valence-electron chi connectivity index (χ1n) is 8.80. The molecule has 0 saturated heterocycles. The molecule has 3 atom stereocenters. The molecule has 3 unspecified atom stereocenters. The molecule has 2 fully saturated rings. The topological polar surface area (TPSA) is 75.3 Å². The maximum Gasteiger partial charge on any atom is 0.251 e. The second-order valence-corrected chi connectivity index (χ2v) is 8.98. The number of carbonyl (C=O) groups excluding carboxylic acids is 1. The Labute approximate surface area is 144 Å². The van der Waals surface area contributed by atoms with E-state index in [0.717, 1.165) is 25.7 Å². The zero-order chi connectivity index (χ0) is 17.3. The number of amides is 1. The van der Waals surface area contributed by atoms with E-state index < -0.39 is 10.0 Å². The summed E-state index contributed by atoms with van der Waals surface area (Å²) in [6.45, 7) is 4.40. The lowest BCUT2D eigenvalue weighted by Gasteiger charge is -2.34. The van der Waals surface area contributed by atoms with Crippen LogP contribution >= 0.6 is 0 Å². The summed E-state index contributed by atoms with van der Waals surface area (Å²) in [7, 11) is -3.54. The molecule has 1 aromatic carbocycles. The Bertz CT molecular complexity index is 713. The van der Waals surface area contributed by atoms with Crippen molar-refractivity contribution in [3.8, 4) is 0 Å². The lowest BCUT2D eigenvalue weighted by Crippen LogP contribution is -2.43. The molecule has 0 bridgehead atoms. The molecule has 0 aliphatic heterocycles. The Morgan fingerprint density at radius 3 is 2.58 bits per heavy atom. The first-order chi connectivity index (χ1) is 11.4. The monoisotopic (exact) mass is 350 g/mol. The highest BCUT2D eigenvalue weighted by atomic mass is 32.2. The Balaban J connectivity index is 1.72. The first-order valence-corrected chi connectivity index (χ1v) is 10.3. The SMILES string of the molecule is CC1CCCC(NC(=O)c2cccc(S(=O)(=O)NC3CC3)c2)C1C. The van der Waals surface area contributed by atoms with Gasteiger partial charge in [0, 0.05) is 17.6 Å². The Morgan fingerprint density at radius 2 is 1.88 bits per heavy atom. The highest BCUT2D eigenvalue weighted by Gasteiger charge is 2.30. The van der Waals surface area contributed by atoms with E-state index in [-0.39, 0.29) is 22.9 Å². The van der Waals surface area contributed by atoms with Crippen LogP contribution in [-0.2, 0) is 10.0 Å². The van der Waals surface area contributed by atoms with Gasteiger partial charge in [0.25, 0.3) is 5.91 Å². The highest BCUT2D eigenvalue weighted by molar-refractivity contribution is 7.89. The summed E-state index contributed by atoms with van der Waals surface area (Å²) in [5, 5.41) is 3.09. The molecule has 2 N–H and O–H groups in total. The summed E-state index contributed by atoms with van der Waals surface area (Å²) in [6.07, 6.45) is 5.08. The molecule has 5 nitrogen and oxygen atoms in total. The van der Waals surface area contributed by atoms with E-state index in [0.29, 0.717) is 17.4 Å². The third kappa shape index (κ3) is 3.98. The van der Waals surface area contributed by atoms with Crippen LogP contribution in [0.2, 0.25) is 0 Å². The molecule has 0 heterocycles. The van der Waals surface area contributed by atoms with Crippen LogP contribution < -0.4 is 10.0 Å². The minimum Gasteiger partial charge on any atom is -0.349 e. The highest BCUT2D eigenvalue weighted by Crippen LogP contribution is 2.29. The molecule has 2 aliphatic rings. The minimum absolute atomic E-state index is 0.0528. The number of sulfonamides is 1. The number of rotatable bonds is 5. The van der Waals surface area contributed by atoms with Crippen molar-refractivity contribution in [2.45, 2.75) is 62.9 Å². The average Bonchev–Trinajstić information content (AvgIpc) is 3.35. The second kappa shape index (κ2) is 6.84. The van der Waals surface area contributed by atoms with Crippen LogP contribution in [0.1, 0.15) is 56.3 Å². The third-order valence-corrected chi connectivity index (χ3v) is 6.85. The van der Waals surface area contributed by atoms with E-state index in [2.05, 4.69) is 23.9 Å². The summed E-state index contributed by atoms with van der Waals surface area (Å²) in [5.41, 5.74) is 0.402. The molecule has 132 valence electrons. The van der Waals surface area contributed by atoms with Crippen LogP contribution in [0.4, 0.5) is 0 Å². The van der Waals surface area contributed by atoms with Gasteiger partial charge in [-0.1, -0.05) is 32.8 Å². The Morgan fingerprint density at radius 1 is 1.12 bits per heavy atom. The van der Waals surface area contributed by atoms with Crippen molar-refractivity contribution in [2.24, 2.45) is 11.8 Å². The fraction of sp³-hybridized carbons (Fsp3) is 0.611. The second-order valence-electron chi connectivity index (χ2n) is 7.27. The van der Waals surface area contributed by atoms with Gasteiger partial charge in [-0.15, -0.1) is 0 Å². The predicted molar refractivity (Wildman–Crippen MR) is 93.2 cm³/mol. The average molecular weight is 350 g/mol. The molecule has 3 rings (SSSR count). The van der Waals surface area contributed by atoms with E-state index in [1.165, 1.54) is 18.6 Å². The standard InChI is InChI=1S/C18H26N2O3S/c1-12-5-3-8-17(13(12)2)19-18(21)14-6-4-7-16(11-14)24(22,23)20-15-9-10-15/h4,6-7,11-13,15,17,20H,3,5,8-10H2,1-2H3,(H,19,21). The molecular weight excluding hydrogens is 324 g/mol. The van der Waals surface area contributed by atoms with Crippen molar-refractivity contribution in [3.63, 3.8) is 0 Å². The fourth-order valence-corrected chi connectivity index (χ4v) is 4.68. The van der Waals surface area contributed by atoms with Gasteiger partial charge in [0.1, 0.15) is 0 Å². The van der Waals surface area contributed by atoms with Crippen molar-refractivity contribution < 1.29 is 13.2 Å². The van der Waals surface area contributed by atoms with Gasteiger partial charge in [0.2, 0.25) is 10.0 Å². The number of carbonyl (C=O) groups is 1. The number of hydrogen-bond donors (Lipinski definition) is 2. The molecule has 0 spiro atoms. The van der Waals surface area contributed by atoms with Crippen molar-refractivity contribution in [2.75, 3.05) is 0 Å². The van der Waals surface area contributed by atoms with Gasteiger partial charge in [-0.05, 0) is 49.3 Å². The van der Waals surface area contributed by atoms with Gasteiger partial charge >= 0.3 is 0 Å². The lowest BCUT2D eigenvalue weighted by atomic mass is 9.78. The lowest BCUT2D eigenvalue weighted by molar-refractivity contribution is 0.0891.